The first kappa shape index (κ1) is 19.1. The molecule has 0 saturated carbocycles. The fourth-order valence-electron chi connectivity index (χ4n) is 2.54. The maximum absolute atomic E-state index is 12.2. The molecule has 0 aliphatic carbocycles. The van der Waals surface area contributed by atoms with Crippen molar-refractivity contribution in [1.82, 2.24) is 4.98 Å². The lowest BCUT2D eigenvalue weighted by Crippen LogP contribution is -2.08. The van der Waals surface area contributed by atoms with Crippen LogP contribution in [0.25, 0.3) is 10.8 Å². The number of aromatic amines is 1. The Morgan fingerprint density at radius 1 is 1.19 bits per heavy atom. The number of aromatic nitrogens is 1. The van der Waals surface area contributed by atoms with E-state index in [4.69, 9.17) is 0 Å². The molecule has 140 valence electrons. The van der Waals surface area contributed by atoms with Gasteiger partial charge in [0.15, 0.2) is 11.5 Å². The van der Waals surface area contributed by atoms with E-state index in [1.807, 2.05) is 0 Å². The van der Waals surface area contributed by atoms with Crippen molar-refractivity contribution >= 4 is 39.6 Å². The van der Waals surface area contributed by atoms with Crippen molar-refractivity contribution in [3.8, 4) is 17.4 Å². The van der Waals surface area contributed by atoms with Crippen LogP contribution in [-0.2, 0) is 6.54 Å². The monoisotopic (exact) mass is 486 g/mol. The van der Waals surface area contributed by atoms with Gasteiger partial charge in [-0.1, -0.05) is 6.07 Å². The van der Waals surface area contributed by atoms with Crippen molar-refractivity contribution in [2.45, 2.75) is 13.2 Å². The summed E-state index contributed by atoms with van der Waals surface area (Å²) in [5.74, 6) is -1.05. The van der Waals surface area contributed by atoms with Gasteiger partial charge in [-0.2, -0.15) is 8.78 Å². The Kier molecular flexibility index (Phi) is 5.59. The first-order valence-corrected chi connectivity index (χ1v) is 8.74. The van der Waals surface area contributed by atoms with Crippen molar-refractivity contribution in [1.29, 1.82) is 0 Å². The zero-order valence-corrected chi connectivity index (χ0v) is 15.8. The van der Waals surface area contributed by atoms with Crippen LogP contribution < -0.4 is 10.3 Å². The molecule has 2 aromatic carbocycles. The first-order chi connectivity index (χ1) is 12.8. The average molecular weight is 486 g/mol. The molecule has 0 fully saturated rings. The number of nitrogens with zero attached hydrogens (tertiary/aromatic N) is 1. The van der Waals surface area contributed by atoms with Gasteiger partial charge in [-0.25, -0.2) is 0 Å². The van der Waals surface area contributed by atoms with Crippen LogP contribution in [0.1, 0.15) is 11.1 Å². The van der Waals surface area contributed by atoms with E-state index in [0.29, 0.717) is 21.9 Å². The molecular weight excluding hydrogens is 473 g/mol. The highest BCUT2D eigenvalue weighted by Gasteiger charge is 2.11. The SMILES string of the molecule is O=c1[nH]c(O)c(C=NCc2ccc(OC(F)F)c(O)c2)c2cc(I)ccc12. The van der Waals surface area contributed by atoms with Gasteiger partial charge in [-0.05, 0) is 58.5 Å². The molecule has 0 aliphatic heterocycles. The van der Waals surface area contributed by atoms with Gasteiger partial charge in [0.2, 0.25) is 5.88 Å². The number of alkyl halides is 2. The van der Waals surface area contributed by atoms with Gasteiger partial charge in [0, 0.05) is 20.6 Å². The number of halogens is 3. The topological polar surface area (TPSA) is 94.9 Å². The van der Waals surface area contributed by atoms with Gasteiger partial charge >= 0.3 is 6.61 Å². The second kappa shape index (κ2) is 7.91. The fourth-order valence-corrected chi connectivity index (χ4v) is 3.03. The summed E-state index contributed by atoms with van der Waals surface area (Å²) in [5.41, 5.74) is 0.494. The van der Waals surface area contributed by atoms with Crippen LogP contribution in [0.4, 0.5) is 8.78 Å². The molecule has 1 heterocycles. The van der Waals surface area contributed by atoms with Crippen LogP contribution in [0.2, 0.25) is 0 Å². The Morgan fingerprint density at radius 2 is 1.96 bits per heavy atom. The molecule has 6 nitrogen and oxygen atoms in total. The number of hydrogen-bond donors (Lipinski definition) is 3. The predicted molar refractivity (Wildman–Crippen MR) is 105 cm³/mol. The van der Waals surface area contributed by atoms with Gasteiger partial charge in [0.05, 0.1) is 12.1 Å². The lowest BCUT2D eigenvalue weighted by atomic mass is 10.1. The third kappa shape index (κ3) is 4.35. The second-order valence-corrected chi connectivity index (χ2v) is 6.80. The number of ether oxygens (including phenoxy) is 1. The van der Waals surface area contributed by atoms with Crippen molar-refractivity contribution in [2.75, 3.05) is 0 Å². The van der Waals surface area contributed by atoms with E-state index in [0.717, 1.165) is 3.57 Å². The van der Waals surface area contributed by atoms with Crippen molar-refractivity contribution in [3.63, 3.8) is 0 Å². The number of H-pyrrole nitrogens is 1. The minimum Gasteiger partial charge on any atom is -0.504 e. The molecule has 3 N–H and O–H groups in total. The fraction of sp³-hybridized carbons (Fsp3) is 0.111. The van der Waals surface area contributed by atoms with E-state index in [2.05, 4.69) is 37.3 Å². The summed E-state index contributed by atoms with van der Waals surface area (Å²) in [6.07, 6.45) is 1.41. The standard InChI is InChI=1S/C18H13F2IN2O4/c19-18(20)27-15-4-1-9(5-14(15)24)7-22-8-13-12-6-10(21)2-3-11(12)16(25)23-17(13)26/h1-6,8,18,24H,7H2,(H2,23,25,26). The van der Waals surface area contributed by atoms with Gasteiger partial charge in [0.25, 0.3) is 5.56 Å². The zero-order valence-electron chi connectivity index (χ0n) is 13.6. The normalized spacial score (nSPS) is 11.6. The smallest absolute Gasteiger partial charge is 0.387 e. The number of phenols is 1. The summed E-state index contributed by atoms with van der Waals surface area (Å²) in [6, 6.07) is 9.18. The predicted octanol–water partition coefficient (Wildman–Crippen LogP) is 3.76. The lowest BCUT2D eigenvalue weighted by Gasteiger charge is -2.08. The Morgan fingerprint density at radius 3 is 2.67 bits per heavy atom. The molecule has 9 heteroatoms. The van der Waals surface area contributed by atoms with Crippen LogP contribution >= 0.6 is 22.6 Å². The number of pyridine rings is 1. The van der Waals surface area contributed by atoms with Gasteiger partial charge < -0.3 is 14.9 Å². The second-order valence-electron chi connectivity index (χ2n) is 5.56. The molecule has 0 unspecified atom stereocenters. The minimum absolute atomic E-state index is 0.118. The summed E-state index contributed by atoms with van der Waals surface area (Å²) in [5, 5.41) is 20.7. The third-order valence-corrected chi connectivity index (χ3v) is 4.41. The molecule has 27 heavy (non-hydrogen) atoms. The number of aromatic hydroxyl groups is 2. The molecule has 3 rings (SSSR count). The van der Waals surface area contributed by atoms with E-state index in [1.54, 1.807) is 18.2 Å². The molecule has 0 radical (unpaired) electrons. The van der Waals surface area contributed by atoms with Crippen molar-refractivity contribution in [3.05, 3.63) is 61.4 Å². The highest BCUT2D eigenvalue weighted by atomic mass is 127. The van der Waals surface area contributed by atoms with Gasteiger partial charge in [-0.3, -0.25) is 14.8 Å². The van der Waals surface area contributed by atoms with Crippen molar-refractivity contribution < 1.29 is 23.7 Å². The molecule has 0 spiro atoms. The van der Waals surface area contributed by atoms with Gasteiger partial charge in [0.1, 0.15) is 0 Å². The maximum atomic E-state index is 12.2. The Labute approximate surface area is 165 Å². The number of fused-ring (bicyclic) bond motifs is 1. The number of benzene rings is 2. The Balaban J connectivity index is 1.88. The minimum atomic E-state index is -3.03. The summed E-state index contributed by atoms with van der Waals surface area (Å²) in [7, 11) is 0. The summed E-state index contributed by atoms with van der Waals surface area (Å²) in [6.45, 7) is -2.91. The highest BCUT2D eigenvalue weighted by molar-refractivity contribution is 14.1. The van der Waals surface area contributed by atoms with Crippen LogP contribution in [0, 0.1) is 3.57 Å². The molecule has 0 atom stereocenters. The first-order valence-electron chi connectivity index (χ1n) is 7.66. The van der Waals surface area contributed by atoms with Crippen LogP contribution in [0.5, 0.6) is 17.4 Å². The van der Waals surface area contributed by atoms with Crippen LogP contribution in [-0.4, -0.2) is 28.0 Å². The quantitative estimate of drug-likeness (QED) is 0.378. The van der Waals surface area contributed by atoms with E-state index >= 15 is 0 Å². The highest BCUT2D eigenvalue weighted by Crippen LogP contribution is 2.28. The molecule has 0 amide bonds. The number of aliphatic imine (C=N–C) groups is 1. The number of phenolic OH excluding ortho intramolecular Hbond substituents is 1. The molecule has 3 aromatic rings. The Hall–Kier alpha value is -2.69. The van der Waals surface area contributed by atoms with Crippen LogP contribution in [0.3, 0.4) is 0 Å². The van der Waals surface area contributed by atoms with E-state index in [-0.39, 0.29) is 18.2 Å². The van der Waals surface area contributed by atoms with Gasteiger partial charge in [-0.15, -0.1) is 0 Å². The number of rotatable bonds is 5. The average Bonchev–Trinajstić information content (AvgIpc) is 2.59. The molecule has 0 bridgehead atoms. The molecular formula is C18H13F2IN2O4. The zero-order chi connectivity index (χ0) is 19.6. The largest absolute Gasteiger partial charge is 0.504 e. The molecule has 0 aliphatic rings. The number of hydrogen-bond acceptors (Lipinski definition) is 5. The van der Waals surface area contributed by atoms with E-state index < -0.39 is 17.9 Å². The van der Waals surface area contributed by atoms with E-state index in [9.17, 15) is 23.8 Å². The summed E-state index contributed by atoms with van der Waals surface area (Å²) >= 11 is 2.10. The maximum Gasteiger partial charge on any atom is 0.387 e. The molecule has 0 saturated heterocycles. The molecule has 1 aromatic heterocycles. The van der Waals surface area contributed by atoms with E-state index in [1.165, 1.54) is 24.4 Å². The Bertz CT molecular complexity index is 1080. The number of nitrogens with one attached hydrogen (secondary N) is 1. The summed E-state index contributed by atoms with van der Waals surface area (Å²) in [4.78, 5) is 18.5. The van der Waals surface area contributed by atoms with Crippen LogP contribution in [0.15, 0.2) is 46.2 Å². The summed E-state index contributed by atoms with van der Waals surface area (Å²) < 4.78 is 29.5. The van der Waals surface area contributed by atoms with Crippen molar-refractivity contribution in [2.24, 2.45) is 4.99 Å². The third-order valence-electron chi connectivity index (χ3n) is 3.74. The lowest BCUT2D eigenvalue weighted by molar-refractivity contribution is -0.0512.